The van der Waals surface area contributed by atoms with Crippen LogP contribution in [0.2, 0.25) is 5.02 Å². The highest BCUT2D eigenvalue weighted by atomic mass is 79.9. The van der Waals surface area contributed by atoms with Gasteiger partial charge in [0.15, 0.2) is 9.84 Å². The number of nitrogens with zero attached hydrogens (tertiary/aromatic N) is 2. The Morgan fingerprint density at radius 2 is 1.88 bits per heavy atom. The van der Waals surface area contributed by atoms with E-state index in [1.165, 1.54) is 25.3 Å². The van der Waals surface area contributed by atoms with E-state index in [2.05, 4.69) is 30.7 Å². The van der Waals surface area contributed by atoms with Crippen LogP contribution in [0.5, 0.6) is 0 Å². The molecule has 12 heteroatoms. The molecule has 2 rings (SSSR count). The number of hydrogen-bond donors (Lipinski definition) is 2. The number of carbonyl (C=O) groups excluding carboxylic acids is 1. The zero-order valence-corrected chi connectivity index (χ0v) is 20.2. The fourth-order valence-electron chi connectivity index (χ4n) is 2.40. The molecule has 0 aromatic heterocycles. The average Bonchev–Trinajstić information content (AvgIpc) is 2.78. The predicted octanol–water partition coefficient (Wildman–Crippen LogP) is 2.89. The summed E-state index contributed by atoms with van der Waals surface area (Å²) < 4.78 is 28.5. The molecule has 0 aliphatic carbocycles. The molecule has 0 aliphatic heterocycles. The lowest BCUT2D eigenvalue weighted by Gasteiger charge is -2.10. The maximum atomic E-state index is 11.9. The van der Waals surface area contributed by atoms with Crippen LogP contribution in [0, 0.1) is 0 Å². The zero-order valence-electron chi connectivity index (χ0n) is 17.1. The van der Waals surface area contributed by atoms with Crippen molar-refractivity contribution >= 4 is 60.6 Å². The van der Waals surface area contributed by atoms with Gasteiger partial charge in [0.25, 0.3) is 0 Å². The van der Waals surface area contributed by atoms with E-state index in [9.17, 15) is 13.2 Å². The van der Waals surface area contributed by atoms with Gasteiger partial charge in [-0.25, -0.2) is 23.2 Å². The molecule has 4 N–H and O–H groups in total. The van der Waals surface area contributed by atoms with E-state index in [-0.39, 0.29) is 33.2 Å². The van der Waals surface area contributed by atoms with Gasteiger partial charge in [-0.15, -0.1) is 0 Å². The molecule has 0 fully saturated rings. The van der Waals surface area contributed by atoms with Crippen LogP contribution < -0.4 is 11.6 Å². The van der Waals surface area contributed by atoms with Gasteiger partial charge in [-0.1, -0.05) is 29.8 Å². The number of aliphatic imine (C=N–C) groups is 2. The first-order valence-corrected chi connectivity index (χ1v) is 11.9. The van der Waals surface area contributed by atoms with Gasteiger partial charge in [0.1, 0.15) is 5.70 Å². The predicted molar refractivity (Wildman–Crippen MR) is 127 cm³/mol. The standard InChI is InChI=1S/C20H20BrClN4O5S/c1-30-20(27)18(23)17(21)16(26-15-9-4-3-8-14(15)22)11-25-19(31-24)12-6-5-7-13(10-12)32(2,28)29/h3-10H,11,23-24H2,1-2H3/b18-17+,25-19?,26-16?. The van der Waals surface area contributed by atoms with Gasteiger partial charge in [0, 0.05) is 11.8 Å². The molecule has 0 aliphatic rings. The Morgan fingerprint density at radius 1 is 1.19 bits per heavy atom. The maximum Gasteiger partial charge on any atom is 0.355 e. The Hall–Kier alpha value is -2.73. The Labute approximate surface area is 198 Å². The van der Waals surface area contributed by atoms with Crippen molar-refractivity contribution in [1.29, 1.82) is 0 Å². The van der Waals surface area contributed by atoms with Crippen LogP contribution >= 0.6 is 27.5 Å². The maximum absolute atomic E-state index is 11.9. The number of nitrogens with two attached hydrogens (primary N) is 2. The van der Waals surface area contributed by atoms with Crippen molar-refractivity contribution in [1.82, 2.24) is 0 Å². The summed E-state index contributed by atoms with van der Waals surface area (Å²) in [5.74, 6) is 4.54. The van der Waals surface area contributed by atoms with Crippen LogP contribution in [0.3, 0.4) is 0 Å². The van der Waals surface area contributed by atoms with E-state index in [0.717, 1.165) is 6.26 Å². The molecule has 32 heavy (non-hydrogen) atoms. The van der Waals surface area contributed by atoms with Crippen molar-refractivity contribution in [3.63, 3.8) is 0 Å². The molecule has 0 atom stereocenters. The number of esters is 1. The number of sulfone groups is 1. The fourth-order valence-corrected chi connectivity index (χ4v) is 3.62. The second-order valence-electron chi connectivity index (χ2n) is 6.27. The molecular formula is C20H20BrClN4O5S. The van der Waals surface area contributed by atoms with Crippen molar-refractivity contribution in [3.05, 3.63) is 69.3 Å². The van der Waals surface area contributed by atoms with Crippen LogP contribution in [-0.2, 0) is 24.2 Å². The third-order valence-electron chi connectivity index (χ3n) is 4.00. The van der Waals surface area contributed by atoms with E-state index in [4.69, 9.17) is 28.1 Å². The molecule has 2 aromatic carbocycles. The summed E-state index contributed by atoms with van der Waals surface area (Å²) in [6, 6.07) is 12.7. The number of rotatable bonds is 7. The summed E-state index contributed by atoms with van der Waals surface area (Å²) in [4.78, 5) is 25.5. The van der Waals surface area contributed by atoms with Crippen molar-refractivity contribution in [3.8, 4) is 0 Å². The van der Waals surface area contributed by atoms with E-state index in [1.54, 1.807) is 30.3 Å². The third kappa shape index (κ3) is 6.63. The molecule has 0 unspecified atom stereocenters. The smallest absolute Gasteiger partial charge is 0.355 e. The molecule has 0 heterocycles. The number of methoxy groups -OCH3 is 1. The number of carbonyl (C=O) groups is 1. The molecule has 0 amide bonds. The lowest BCUT2D eigenvalue weighted by molar-refractivity contribution is -0.136. The van der Waals surface area contributed by atoms with Gasteiger partial charge < -0.3 is 15.3 Å². The summed E-state index contributed by atoms with van der Waals surface area (Å²) >= 11 is 9.45. The Balaban J connectivity index is 2.55. The minimum absolute atomic E-state index is 0.0562. The molecule has 170 valence electrons. The number of para-hydroxylation sites is 1. The molecule has 0 radical (unpaired) electrons. The van der Waals surface area contributed by atoms with E-state index < -0.39 is 15.8 Å². The highest BCUT2D eigenvalue weighted by Gasteiger charge is 2.17. The first-order chi connectivity index (χ1) is 15.1. The largest absolute Gasteiger partial charge is 0.464 e. The second kappa shape index (κ2) is 11.2. The van der Waals surface area contributed by atoms with Crippen LogP contribution in [0.15, 0.2) is 73.6 Å². The summed E-state index contributed by atoms with van der Waals surface area (Å²) in [5.41, 5.74) is 6.57. The van der Waals surface area contributed by atoms with Crippen molar-refractivity contribution in [2.45, 2.75) is 4.90 Å². The molecule has 0 saturated carbocycles. The molecule has 0 bridgehead atoms. The summed E-state index contributed by atoms with van der Waals surface area (Å²) in [6.45, 7) is -0.154. The normalized spacial score (nSPS) is 13.4. The van der Waals surface area contributed by atoms with Gasteiger partial charge in [-0.05, 0) is 46.3 Å². The molecule has 0 spiro atoms. The number of hydrogen-bond acceptors (Lipinski definition) is 9. The van der Waals surface area contributed by atoms with Crippen molar-refractivity contribution in [2.24, 2.45) is 21.6 Å². The first kappa shape index (κ1) is 25.5. The average molecular weight is 544 g/mol. The van der Waals surface area contributed by atoms with Gasteiger partial charge in [0.2, 0.25) is 5.90 Å². The molecular weight excluding hydrogens is 524 g/mol. The lowest BCUT2D eigenvalue weighted by Crippen LogP contribution is -2.20. The summed E-state index contributed by atoms with van der Waals surface area (Å²) in [6.07, 6.45) is 1.08. The highest BCUT2D eigenvalue weighted by molar-refractivity contribution is 9.12. The van der Waals surface area contributed by atoms with Crippen LogP contribution in [0.25, 0.3) is 0 Å². The van der Waals surface area contributed by atoms with Crippen LogP contribution in [0.1, 0.15) is 5.56 Å². The van der Waals surface area contributed by atoms with Gasteiger partial charge in [0.05, 0.1) is 39.5 Å². The van der Waals surface area contributed by atoms with Crippen molar-refractivity contribution < 1.29 is 22.8 Å². The fraction of sp³-hybridized carbons (Fsp3) is 0.150. The molecule has 0 saturated heterocycles. The lowest BCUT2D eigenvalue weighted by atomic mass is 10.2. The highest BCUT2D eigenvalue weighted by Crippen LogP contribution is 2.26. The monoisotopic (exact) mass is 542 g/mol. The van der Waals surface area contributed by atoms with Crippen molar-refractivity contribution in [2.75, 3.05) is 19.9 Å². The number of benzene rings is 2. The van der Waals surface area contributed by atoms with E-state index in [1.807, 2.05) is 0 Å². The quantitative estimate of drug-likeness (QED) is 0.179. The van der Waals surface area contributed by atoms with Crippen LogP contribution in [0.4, 0.5) is 5.69 Å². The molecule has 9 nitrogen and oxygen atoms in total. The van der Waals surface area contributed by atoms with Gasteiger partial charge in [-0.3, -0.25) is 0 Å². The minimum atomic E-state index is -3.45. The number of halogens is 2. The van der Waals surface area contributed by atoms with E-state index in [0.29, 0.717) is 16.3 Å². The van der Waals surface area contributed by atoms with E-state index >= 15 is 0 Å². The van der Waals surface area contributed by atoms with Gasteiger partial charge in [-0.2, -0.15) is 5.90 Å². The Morgan fingerprint density at radius 3 is 2.47 bits per heavy atom. The number of ether oxygens (including phenoxy) is 1. The summed E-state index contributed by atoms with van der Waals surface area (Å²) in [5, 5.41) is 0.363. The Kier molecular flexibility index (Phi) is 8.96. The second-order valence-corrected chi connectivity index (χ2v) is 9.48. The Bertz CT molecular complexity index is 1210. The van der Waals surface area contributed by atoms with Gasteiger partial charge >= 0.3 is 5.97 Å². The molecule has 2 aromatic rings. The topological polar surface area (TPSA) is 146 Å². The zero-order chi connectivity index (χ0) is 23.9. The third-order valence-corrected chi connectivity index (χ3v) is 6.31. The van der Waals surface area contributed by atoms with Crippen LogP contribution in [-0.4, -0.2) is 45.9 Å². The first-order valence-electron chi connectivity index (χ1n) is 8.86. The minimum Gasteiger partial charge on any atom is -0.464 e. The SMILES string of the molecule is COC(=O)/C(N)=C(\Br)C(CN=C(ON)c1cccc(S(C)(=O)=O)c1)=Nc1ccccc1Cl. The summed E-state index contributed by atoms with van der Waals surface area (Å²) in [7, 11) is -2.27.